The van der Waals surface area contributed by atoms with E-state index in [2.05, 4.69) is 27.0 Å². The third-order valence-corrected chi connectivity index (χ3v) is 3.52. The Morgan fingerprint density at radius 2 is 2.05 bits per heavy atom. The van der Waals surface area contributed by atoms with Crippen molar-refractivity contribution in [3.63, 3.8) is 0 Å². The molecule has 5 nitrogen and oxygen atoms in total. The van der Waals surface area contributed by atoms with Gasteiger partial charge in [-0.05, 0) is 18.4 Å². The minimum Gasteiger partial charge on any atom is -0.464 e. The summed E-state index contributed by atoms with van der Waals surface area (Å²) < 4.78 is 4.72. The molecule has 1 heterocycles. The van der Waals surface area contributed by atoms with E-state index >= 15 is 0 Å². The van der Waals surface area contributed by atoms with Crippen molar-refractivity contribution in [1.82, 2.24) is 9.97 Å². The number of ether oxygens (including phenoxy) is 1. The second-order valence-electron chi connectivity index (χ2n) is 5.10. The van der Waals surface area contributed by atoms with Gasteiger partial charge in [-0.15, -0.1) is 0 Å². The van der Waals surface area contributed by atoms with Crippen LogP contribution in [0.3, 0.4) is 0 Å². The van der Waals surface area contributed by atoms with Gasteiger partial charge in [0.15, 0.2) is 5.69 Å². The highest BCUT2D eigenvalue weighted by Gasteiger charge is 2.30. The lowest BCUT2D eigenvalue weighted by Gasteiger charge is -2.23. The lowest BCUT2D eigenvalue weighted by Crippen LogP contribution is -2.26. The van der Waals surface area contributed by atoms with E-state index in [0.29, 0.717) is 11.7 Å². The van der Waals surface area contributed by atoms with E-state index < -0.39 is 5.97 Å². The predicted octanol–water partition coefficient (Wildman–Crippen LogP) is 2.43. The topological polar surface area (TPSA) is 55.3 Å². The van der Waals surface area contributed by atoms with Crippen molar-refractivity contribution < 1.29 is 9.53 Å². The maximum Gasteiger partial charge on any atom is 0.356 e. The van der Waals surface area contributed by atoms with Gasteiger partial charge >= 0.3 is 5.97 Å². The molecule has 108 valence electrons. The molecule has 0 radical (unpaired) electrons. The summed E-state index contributed by atoms with van der Waals surface area (Å²) in [6.45, 7) is 0.781. The summed E-state index contributed by atoms with van der Waals surface area (Å²) in [5.41, 5.74) is 1.52. The van der Waals surface area contributed by atoms with Crippen LogP contribution < -0.4 is 4.90 Å². The van der Waals surface area contributed by atoms with Gasteiger partial charge in [0, 0.05) is 18.7 Å². The summed E-state index contributed by atoms with van der Waals surface area (Å²) in [5, 5.41) is 0. The zero-order valence-electron chi connectivity index (χ0n) is 11.9. The molecule has 0 unspecified atom stereocenters. The molecule has 0 amide bonds. The van der Waals surface area contributed by atoms with E-state index in [1.165, 1.54) is 19.0 Å². The van der Waals surface area contributed by atoms with Gasteiger partial charge in [-0.1, -0.05) is 30.3 Å². The molecule has 3 rings (SSSR count). The maximum absolute atomic E-state index is 11.6. The van der Waals surface area contributed by atoms with Gasteiger partial charge in [0.2, 0.25) is 0 Å². The molecule has 0 atom stereocenters. The highest BCUT2D eigenvalue weighted by Crippen LogP contribution is 2.32. The van der Waals surface area contributed by atoms with Gasteiger partial charge in [-0.2, -0.15) is 0 Å². The standard InChI is InChI=1S/C16H17N3O2/c1-21-16(20)14-9-15(18-11-17-14)19(13-7-8-13)10-12-5-3-2-4-6-12/h2-6,9,11,13H,7-8,10H2,1H3. The SMILES string of the molecule is COC(=O)c1cc(N(Cc2ccccc2)C2CC2)ncn1. The number of carbonyl (C=O) groups is 1. The summed E-state index contributed by atoms with van der Waals surface area (Å²) in [6, 6.07) is 12.4. The lowest BCUT2D eigenvalue weighted by molar-refractivity contribution is 0.0594. The predicted molar refractivity (Wildman–Crippen MR) is 79.0 cm³/mol. The Bertz CT molecular complexity index is 626. The van der Waals surface area contributed by atoms with Crippen LogP contribution in [-0.2, 0) is 11.3 Å². The molecule has 1 aliphatic rings. The Morgan fingerprint density at radius 1 is 1.29 bits per heavy atom. The molecule has 0 bridgehead atoms. The number of nitrogens with zero attached hydrogens (tertiary/aromatic N) is 3. The summed E-state index contributed by atoms with van der Waals surface area (Å²) in [4.78, 5) is 22.1. The quantitative estimate of drug-likeness (QED) is 0.789. The van der Waals surface area contributed by atoms with E-state index in [9.17, 15) is 4.79 Å². The molecule has 1 saturated carbocycles. The van der Waals surface area contributed by atoms with Crippen LogP contribution >= 0.6 is 0 Å². The fourth-order valence-corrected chi connectivity index (χ4v) is 2.28. The number of rotatable bonds is 5. The lowest BCUT2D eigenvalue weighted by atomic mass is 10.2. The van der Waals surface area contributed by atoms with Gasteiger partial charge in [-0.25, -0.2) is 14.8 Å². The van der Waals surface area contributed by atoms with Crippen LogP contribution in [0.2, 0.25) is 0 Å². The van der Waals surface area contributed by atoms with Gasteiger partial charge in [0.25, 0.3) is 0 Å². The van der Waals surface area contributed by atoms with Crippen molar-refractivity contribution in [2.45, 2.75) is 25.4 Å². The van der Waals surface area contributed by atoms with Gasteiger partial charge < -0.3 is 9.64 Å². The summed E-state index contributed by atoms with van der Waals surface area (Å²) in [6.07, 6.45) is 3.73. The highest BCUT2D eigenvalue weighted by atomic mass is 16.5. The summed E-state index contributed by atoms with van der Waals surface area (Å²) in [5.74, 6) is 0.339. The molecule has 0 N–H and O–H groups in total. The number of aromatic nitrogens is 2. The van der Waals surface area contributed by atoms with Gasteiger partial charge in [-0.3, -0.25) is 0 Å². The zero-order valence-corrected chi connectivity index (χ0v) is 11.9. The molecular weight excluding hydrogens is 266 g/mol. The number of anilines is 1. The first-order chi connectivity index (χ1) is 10.3. The number of carbonyl (C=O) groups excluding carboxylic acids is 1. The Hall–Kier alpha value is -2.43. The number of hydrogen-bond donors (Lipinski definition) is 0. The van der Waals surface area contributed by atoms with E-state index in [1.807, 2.05) is 18.2 Å². The van der Waals surface area contributed by atoms with Crippen molar-refractivity contribution in [3.05, 3.63) is 54.0 Å². The van der Waals surface area contributed by atoms with E-state index in [1.54, 1.807) is 6.07 Å². The fraction of sp³-hybridized carbons (Fsp3) is 0.312. The van der Waals surface area contributed by atoms with Crippen molar-refractivity contribution >= 4 is 11.8 Å². The minimum absolute atomic E-state index is 0.293. The Kier molecular flexibility index (Phi) is 3.81. The number of methoxy groups -OCH3 is 1. The molecule has 1 aliphatic carbocycles. The smallest absolute Gasteiger partial charge is 0.356 e. The first-order valence-electron chi connectivity index (χ1n) is 6.99. The third-order valence-electron chi connectivity index (χ3n) is 3.52. The second-order valence-corrected chi connectivity index (χ2v) is 5.10. The van der Waals surface area contributed by atoms with E-state index in [4.69, 9.17) is 4.74 Å². The summed E-state index contributed by atoms with van der Waals surface area (Å²) in [7, 11) is 1.35. The largest absolute Gasteiger partial charge is 0.464 e. The van der Waals surface area contributed by atoms with Crippen molar-refractivity contribution in [1.29, 1.82) is 0 Å². The van der Waals surface area contributed by atoms with Crippen LogP contribution in [-0.4, -0.2) is 29.1 Å². The fourth-order valence-electron chi connectivity index (χ4n) is 2.28. The van der Waals surface area contributed by atoms with E-state index in [-0.39, 0.29) is 0 Å². The average Bonchev–Trinajstić information content (AvgIpc) is 3.38. The molecule has 2 aromatic rings. The van der Waals surface area contributed by atoms with Crippen LogP contribution in [0.1, 0.15) is 28.9 Å². The van der Waals surface area contributed by atoms with Crippen LogP contribution in [0.25, 0.3) is 0 Å². The van der Waals surface area contributed by atoms with Gasteiger partial charge in [0.05, 0.1) is 7.11 Å². The van der Waals surface area contributed by atoms with Crippen LogP contribution in [0.4, 0.5) is 5.82 Å². The Labute approximate surface area is 123 Å². The second kappa shape index (κ2) is 5.91. The molecule has 21 heavy (non-hydrogen) atoms. The highest BCUT2D eigenvalue weighted by molar-refractivity contribution is 5.87. The molecule has 1 aromatic heterocycles. The molecule has 0 spiro atoms. The minimum atomic E-state index is -0.436. The Morgan fingerprint density at radius 3 is 2.71 bits per heavy atom. The van der Waals surface area contributed by atoms with Crippen LogP contribution in [0.5, 0.6) is 0 Å². The third kappa shape index (κ3) is 3.18. The van der Waals surface area contributed by atoms with Crippen LogP contribution in [0.15, 0.2) is 42.7 Å². The van der Waals surface area contributed by atoms with Crippen molar-refractivity contribution in [2.24, 2.45) is 0 Å². The first kappa shape index (κ1) is 13.5. The Balaban J connectivity index is 1.86. The first-order valence-corrected chi connectivity index (χ1v) is 6.99. The number of esters is 1. The molecule has 1 fully saturated rings. The number of benzene rings is 1. The van der Waals surface area contributed by atoms with Gasteiger partial charge in [0.1, 0.15) is 12.1 Å². The van der Waals surface area contributed by atoms with Crippen LogP contribution in [0, 0.1) is 0 Å². The molecular formula is C16H17N3O2. The normalized spacial score (nSPS) is 13.8. The molecule has 0 saturated heterocycles. The molecule has 5 heteroatoms. The van der Waals surface area contributed by atoms with E-state index in [0.717, 1.165) is 25.2 Å². The monoisotopic (exact) mass is 283 g/mol. The molecule has 0 aliphatic heterocycles. The molecule has 1 aromatic carbocycles. The maximum atomic E-state index is 11.6. The van der Waals surface area contributed by atoms with Crippen molar-refractivity contribution in [3.8, 4) is 0 Å². The van der Waals surface area contributed by atoms with Crippen molar-refractivity contribution in [2.75, 3.05) is 12.0 Å². The summed E-state index contributed by atoms with van der Waals surface area (Å²) >= 11 is 0. The average molecular weight is 283 g/mol. The zero-order chi connectivity index (χ0) is 14.7. The number of hydrogen-bond acceptors (Lipinski definition) is 5.